The lowest BCUT2D eigenvalue weighted by Crippen LogP contribution is -2.11. The fourth-order valence-electron chi connectivity index (χ4n) is 2.16. The fraction of sp³-hybridized carbons (Fsp3) is 0.294. The molecule has 0 unspecified atom stereocenters. The van der Waals surface area contributed by atoms with Crippen LogP contribution >= 0.6 is 0 Å². The van der Waals surface area contributed by atoms with Crippen LogP contribution in [0.1, 0.15) is 42.2 Å². The van der Waals surface area contributed by atoms with Gasteiger partial charge in [0.15, 0.2) is 5.69 Å². The lowest BCUT2D eigenvalue weighted by atomic mass is 10.2. The highest BCUT2D eigenvalue weighted by atomic mass is 19.3. The highest BCUT2D eigenvalue weighted by Crippen LogP contribution is 2.26. The van der Waals surface area contributed by atoms with E-state index in [0.717, 1.165) is 0 Å². The number of pyridine rings is 1. The van der Waals surface area contributed by atoms with Crippen molar-refractivity contribution in [2.45, 2.75) is 27.2 Å². The molecular weight excluding hydrogens is 344 g/mol. The number of rotatable bonds is 4. The number of aryl methyl sites for hydroxylation is 2. The van der Waals surface area contributed by atoms with E-state index in [1.54, 1.807) is 25.3 Å². The van der Waals surface area contributed by atoms with Crippen molar-refractivity contribution in [2.75, 3.05) is 5.32 Å². The molecule has 26 heavy (non-hydrogen) atoms. The summed E-state index contributed by atoms with van der Waals surface area (Å²) in [4.78, 5) is 20.3. The molecule has 0 radical (unpaired) electrons. The first-order chi connectivity index (χ1) is 12.5. The van der Waals surface area contributed by atoms with Gasteiger partial charge in [0.1, 0.15) is 0 Å². The van der Waals surface area contributed by atoms with Gasteiger partial charge in [-0.05, 0) is 19.1 Å². The molecule has 138 valence electrons. The van der Waals surface area contributed by atoms with Crippen LogP contribution in [0.4, 0.5) is 14.5 Å². The number of nitrogens with zero attached hydrogens (tertiary/aromatic N) is 4. The largest absolute Gasteiger partial charge is 0.431 e. The quantitative estimate of drug-likeness (QED) is 0.757. The summed E-state index contributed by atoms with van der Waals surface area (Å²) in [5.41, 5.74) is 0.756. The number of hydrogen-bond acceptors (Lipinski definition) is 5. The van der Waals surface area contributed by atoms with Gasteiger partial charge in [-0.1, -0.05) is 13.8 Å². The lowest BCUT2D eigenvalue weighted by Gasteiger charge is -2.02. The van der Waals surface area contributed by atoms with Crippen LogP contribution in [0.2, 0.25) is 0 Å². The number of carbonyl (C=O) groups excluding carboxylic acids is 1. The molecule has 0 saturated carbocycles. The van der Waals surface area contributed by atoms with Crippen LogP contribution in [-0.2, 0) is 7.05 Å². The first-order valence-corrected chi connectivity index (χ1v) is 7.96. The summed E-state index contributed by atoms with van der Waals surface area (Å²) in [5.74, 6) is -0.562. The predicted octanol–water partition coefficient (Wildman–Crippen LogP) is 3.99. The zero-order chi connectivity index (χ0) is 19.3. The van der Waals surface area contributed by atoms with E-state index in [4.69, 9.17) is 4.42 Å². The van der Waals surface area contributed by atoms with Crippen LogP contribution in [0.5, 0.6) is 0 Å². The van der Waals surface area contributed by atoms with Gasteiger partial charge in [0.25, 0.3) is 12.3 Å². The molecule has 0 aliphatic carbocycles. The molecule has 1 N–H and O–H groups in total. The normalized spacial score (nSPS) is 10.4. The van der Waals surface area contributed by atoms with E-state index in [-0.39, 0.29) is 17.3 Å². The Balaban J connectivity index is 0.00000117. The molecule has 0 bridgehead atoms. The predicted molar refractivity (Wildman–Crippen MR) is 91.9 cm³/mol. The number of halogens is 2. The van der Waals surface area contributed by atoms with Gasteiger partial charge in [-0.15, -0.1) is 0 Å². The second kappa shape index (κ2) is 8.32. The maximum absolute atomic E-state index is 12.9. The molecule has 0 aliphatic rings. The molecular formula is C17H19F2N5O2. The Morgan fingerprint density at radius 2 is 2.04 bits per heavy atom. The van der Waals surface area contributed by atoms with Crippen molar-refractivity contribution < 1.29 is 18.0 Å². The van der Waals surface area contributed by atoms with E-state index in [1.807, 2.05) is 13.8 Å². The Labute approximate surface area is 149 Å². The lowest BCUT2D eigenvalue weighted by molar-refractivity contribution is 0.0996. The fourth-order valence-corrected chi connectivity index (χ4v) is 2.16. The average Bonchev–Trinajstić information content (AvgIpc) is 3.24. The van der Waals surface area contributed by atoms with Crippen LogP contribution in [-0.4, -0.2) is 25.7 Å². The van der Waals surface area contributed by atoms with Gasteiger partial charge in [-0.2, -0.15) is 5.10 Å². The van der Waals surface area contributed by atoms with E-state index < -0.39 is 18.0 Å². The molecule has 0 spiro atoms. The number of aromatic nitrogens is 4. The number of nitrogens with one attached hydrogen (secondary N) is 1. The van der Waals surface area contributed by atoms with Crippen molar-refractivity contribution in [3.05, 3.63) is 47.9 Å². The molecule has 0 saturated heterocycles. The van der Waals surface area contributed by atoms with Gasteiger partial charge in [-0.3, -0.25) is 14.5 Å². The number of alkyl halides is 2. The van der Waals surface area contributed by atoms with Gasteiger partial charge in [-0.25, -0.2) is 13.8 Å². The van der Waals surface area contributed by atoms with Crippen LogP contribution in [0.25, 0.3) is 11.5 Å². The topological polar surface area (TPSA) is 85.8 Å². The summed E-state index contributed by atoms with van der Waals surface area (Å²) in [6.07, 6.45) is 1.35. The maximum Gasteiger partial charge on any atom is 0.293 e. The third kappa shape index (κ3) is 4.11. The van der Waals surface area contributed by atoms with E-state index >= 15 is 0 Å². The first-order valence-electron chi connectivity index (χ1n) is 7.96. The van der Waals surface area contributed by atoms with Crippen molar-refractivity contribution in [3.8, 4) is 11.5 Å². The van der Waals surface area contributed by atoms with Crippen molar-refractivity contribution >= 4 is 11.6 Å². The van der Waals surface area contributed by atoms with Crippen LogP contribution < -0.4 is 5.32 Å². The Morgan fingerprint density at radius 3 is 2.69 bits per heavy atom. The van der Waals surface area contributed by atoms with Crippen molar-refractivity contribution in [3.63, 3.8) is 0 Å². The van der Waals surface area contributed by atoms with Gasteiger partial charge < -0.3 is 9.73 Å². The Kier molecular flexibility index (Phi) is 6.16. The number of amides is 1. The molecule has 3 aromatic heterocycles. The smallest absolute Gasteiger partial charge is 0.293 e. The van der Waals surface area contributed by atoms with E-state index in [2.05, 4.69) is 20.4 Å². The third-order valence-electron chi connectivity index (χ3n) is 3.28. The molecule has 9 heteroatoms. The molecule has 3 rings (SSSR count). The van der Waals surface area contributed by atoms with Gasteiger partial charge in [0.2, 0.25) is 11.7 Å². The summed E-state index contributed by atoms with van der Waals surface area (Å²) in [5, 5.41) is 5.98. The van der Waals surface area contributed by atoms with Gasteiger partial charge in [0.05, 0.1) is 17.4 Å². The van der Waals surface area contributed by atoms with Crippen LogP contribution in [0.3, 0.4) is 0 Å². The summed E-state index contributed by atoms with van der Waals surface area (Å²) in [7, 11) is 1.49. The Bertz CT molecular complexity index is 889. The second-order valence-electron chi connectivity index (χ2n) is 5.02. The zero-order valence-corrected chi connectivity index (χ0v) is 14.8. The van der Waals surface area contributed by atoms with Crippen LogP contribution in [0.15, 0.2) is 35.1 Å². The Morgan fingerprint density at radius 1 is 1.31 bits per heavy atom. The number of oxazole rings is 1. The van der Waals surface area contributed by atoms with Crippen molar-refractivity contribution in [1.82, 2.24) is 19.7 Å². The minimum atomic E-state index is -2.80. The van der Waals surface area contributed by atoms with E-state index in [0.29, 0.717) is 11.3 Å². The standard InChI is InChI=1S/C15H13F2N5O2.C2H6/c1-8-9(4-3-5-18-8)15-19-6-11(24-15)14(23)20-10-7-22(2)21-12(10)13(16)17;1-2/h3-7,13H,1-2H3,(H,20,23);1-2H3. The molecule has 0 aromatic carbocycles. The summed E-state index contributed by atoms with van der Waals surface area (Å²) in [6.45, 7) is 5.78. The zero-order valence-electron chi connectivity index (χ0n) is 14.8. The minimum absolute atomic E-state index is 0.0759. The second-order valence-corrected chi connectivity index (χ2v) is 5.02. The first kappa shape index (κ1) is 19.2. The molecule has 3 heterocycles. The van der Waals surface area contributed by atoms with Gasteiger partial charge in [0, 0.05) is 25.1 Å². The molecule has 0 atom stereocenters. The molecule has 0 aliphatic heterocycles. The monoisotopic (exact) mass is 363 g/mol. The highest BCUT2D eigenvalue weighted by molar-refractivity contribution is 6.02. The molecule has 0 fully saturated rings. The average molecular weight is 363 g/mol. The van der Waals surface area contributed by atoms with E-state index in [9.17, 15) is 13.6 Å². The molecule has 1 amide bonds. The molecule has 7 nitrogen and oxygen atoms in total. The van der Waals surface area contributed by atoms with E-state index in [1.165, 1.54) is 24.1 Å². The summed E-state index contributed by atoms with van der Waals surface area (Å²) >= 11 is 0. The summed E-state index contributed by atoms with van der Waals surface area (Å²) < 4.78 is 32.4. The maximum atomic E-state index is 12.9. The Hall–Kier alpha value is -3.10. The minimum Gasteiger partial charge on any atom is -0.431 e. The van der Waals surface area contributed by atoms with Crippen molar-refractivity contribution in [1.29, 1.82) is 0 Å². The highest BCUT2D eigenvalue weighted by Gasteiger charge is 2.21. The van der Waals surface area contributed by atoms with Gasteiger partial charge >= 0.3 is 0 Å². The SMILES string of the molecule is CC.Cc1ncccc1-c1ncc(C(=O)Nc2cn(C)nc2C(F)F)o1. The third-order valence-corrected chi connectivity index (χ3v) is 3.28. The number of carbonyl (C=O) groups is 1. The number of hydrogen-bond donors (Lipinski definition) is 1. The summed E-state index contributed by atoms with van der Waals surface area (Å²) in [6, 6.07) is 3.47. The molecule has 3 aromatic rings. The number of anilines is 1. The van der Waals surface area contributed by atoms with Crippen LogP contribution in [0, 0.1) is 6.92 Å². The van der Waals surface area contributed by atoms with Crippen molar-refractivity contribution in [2.24, 2.45) is 7.05 Å².